The number of anilines is 1. The highest BCUT2D eigenvalue weighted by molar-refractivity contribution is 6.34. The normalized spacial score (nSPS) is 10.9. The second kappa shape index (κ2) is 7.02. The molecule has 7 heteroatoms. The van der Waals surface area contributed by atoms with Gasteiger partial charge in [0, 0.05) is 10.7 Å². The van der Waals surface area contributed by atoms with Crippen LogP contribution in [0.4, 0.5) is 5.69 Å². The Kier molecular flexibility index (Phi) is 4.56. The Labute approximate surface area is 165 Å². The van der Waals surface area contributed by atoms with Crippen LogP contribution in [0.25, 0.3) is 16.7 Å². The third-order valence-electron chi connectivity index (χ3n) is 4.15. The molecule has 0 fully saturated rings. The Morgan fingerprint density at radius 1 is 0.963 bits per heavy atom. The van der Waals surface area contributed by atoms with Gasteiger partial charge in [-0.3, -0.25) is 4.79 Å². The van der Waals surface area contributed by atoms with Gasteiger partial charge in [-0.05, 0) is 61.0 Å². The first-order chi connectivity index (χ1) is 13.0. The summed E-state index contributed by atoms with van der Waals surface area (Å²) in [5, 5.41) is 12.9. The van der Waals surface area contributed by atoms with Gasteiger partial charge in [-0.25, -0.2) is 0 Å². The number of rotatable bonds is 3. The first-order valence-electron chi connectivity index (χ1n) is 8.21. The molecule has 0 aliphatic rings. The summed E-state index contributed by atoms with van der Waals surface area (Å²) < 4.78 is 0. The van der Waals surface area contributed by atoms with Crippen molar-refractivity contribution in [1.82, 2.24) is 15.0 Å². The highest BCUT2D eigenvalue weighted by atomic mass is 35.5. The molecule has 3 aromatic carbocycles. The molecule has 4 aromatic rings. The van der Waals surface area contributed by atoms with E-state index in [1.54, 1.807) is 47.3 Å². The number of hydrogen-bond acceptors (Lipinski definition) is 3. The third-order valence-corrected chi connectivity index (χ3v) is 4.73. The maximum absolute atomic E-state index is 12.5. The maximum Gasteiger partial charge on any atom is 0.257 e. The Bertz CT molecular complexity index is 1150. The van der Waals surface area contributed by atoms with E-state index < -0.39 is 0 Å². The van der Waals surface area contributed by atoms with Gasteiger partial charge in [0.05, 0.1) is 16.3 Å². The molecule has 0 saturated carbocycles. The van der Waals surface area contributed by atoms with Crippen LogP contribution in [0.3, 0.4) is 0 Å². The molecule has 0 spiro atoms. The highest BCUT2D eigenvalue weighted by Gasteiger charge is 2.13. The van der Waals surface area contributed by atoms with Crippen molar-refractivity contribution >= 4 is 45.8 Å². The van der Waals surface area contributed by atoms with Crippen LogP contribution < -0.4 is 5.32 Å². The van der Waals surface area contributed by atoms with Crippen LogP contribution >= 0.6 is 23.2 Å². The van der Waals surface area contributed by atoms with E-state index in [2.05, 4.69) is 15.5 Å². The number of carbonyl (C=O) groups is 1. The van der Waals surface area contributed by atoms with Gasteiger partial charge in [0.15, 0.2) is 0 Å². The molecule has 5 nitrogen and oxygen atoms in total. The Morgan fingerprint density at radius 3 is 2.33 bits per heavy atom. The molecule has 1 N–H and O–H groups in total. The Morgan fingerprint density at radius 2 is 1.63 bits per heavy atom. The van der Waals surface area contributed by atoms with Crippen LogP contribution in [0.15, 0.2) is 60.7 Å². The van der Waals surface area contributed by atoms with E-state index in [4.69, 9.17) is 23.2 Å². The van der Waals surface area contributed by atoms with E-state index in [1.165, 1.54) is 0 Å². The molecule has 0 atom stereocenters. The van der Waals surface area contributed by atoms with Crippen molar-refractivity contribution in [3.05, 3.63) is 81.8 Å². The minimum atomic E-state index is -0.270. The molecular weight excluding hydrogens is 383 g/mol. The van der Waals surface area contributed by atoms with Crippen LogP contribution in [-0.4, -0.2) is 20.9 Å². The molecular formula is C20H14Cl2N4O. The first kappa shape index (κ1) is 17.5. The summed E-state index contributed by atoms with van der Waals surface area (Å²) in [5.74, 6) is -0.270. The zero-order valence-corrected chi connectivity index (χ0v) is 15.8. The van der Waals surface area contributed by atoms with Crippen molar-refractivity contribution in [2.24, 2.45) is 0 Å². The van der Waals surface area contributed by atoms with Crippen molar-refractivity contribution < 1.29 is 4.79 Å². The van der Waals surface area contributed by atoms with E-state index >= 15 is 0 Å². The number of benzene rings is 3. The van der Waals surface area contributed by atoms with E-state index in [1.807, 2.05) is 25.1 Å². The van der Waals surface area contributed by atoms with Crippen molar-refractivity contribution in [2.75, 3.05) is 5.32 Å². The number of amides is 1. The molecule has 1 heterocycles. The van der Waals surface area contributed by atoms with Gasteiger partial charge in [-0.1, -0.05) is 35.3 Å². The molecule has 0 bridgehead atoms. The molecule has 0 unspecified atom stereocenters. The average molecular weight is 397 g/mol. The largest absolute Gasteiger partial charge is 0.322 e. The highest BCUT2D eigenvalue weighted by Crippen LogP contribution is 2.24. The Balaban J connectivity index is 1.68. The average Bonchev–Trinajstić information content (AvgIpc) is 3.05. The summed E-state index contributed by atoms with van der Waals surface area (Å²) >= 11 is 12.0. The SMILES string of the molecule is Cc1cc2nn(-c3ccc(Cl)cc3)nc2cc1NC(=O)c1ccccc1Cl. The van der Waals surface area contributed by atoms with Gasteiger partial charge >= 0.3 is 0 Å². The second-order valence-corrected chi connectivity index (χ2v) is 6.90. The van der Waals surface area contributed by atoms with Crippen LogP contribution in [0.2, 0.25) is 10.0 Å². The van der Waals surface area contributed by atoms with Crippen molar-refractivity contribution in [3.63, 3.8) is 0 Å². The first-order valence-corrected chi connectivity index (χ1v) is 8.96. The van der Waals surface area contributed by atoms with Crippen molar-refractivity contribution in [3.8, 4) is 5.69 Å². The van der Waals surface area contributed by atoms with Crippen LogP contribution in [0.1, 0.15) is 15.9 Å². The van der Waals surface area contributed by atoms with Gasteiger partial charge in [-0.2, -0.15) is 4.80 Å². The van der Waals surface area contributed by atoms with Crippen LogP contribution in [-0.2, 0) is 0 Å². The van der Waals surface area contributed by atoms with Crippen molar-refractivity contribution in [1.29, 1.82) is 0 Å². The summed E-state index contributed by atoms with van der Waals surface area (Å²) in [6.45, 7) is 1.91. The molecule has 0 radical (unpaired) electrons. The minimum absolute atomic E-state index is 0.270. The topological polar surface area (TPSA) is 59.8 Å². The number of fused-ring (bicyclic) bond motifs is 1. The molecule has 134 valence electrons. The molecule has 1 amide bonds. The summed E-state index contributed by atoms with van der Waals surface area (Å²) in [7, 11) is 0. The lowest BCUT2D eigenvalue weighted by molar-refractivity contribution is 0.102. The predicted molar refractivity (Wildman–Crippen MR) is 108 cm³/mol. The van der Waals surface area contributed by atoms with E-state index in [-0.39, 0.29) is 5.91 Å². The lowest BCUT2D eigenvalue weighted by Gasteiger charge is -2.09. The number of aryl methyl sites for hydroxylation is 1. The fourth-order valence-electron chi connectivity index (χ4n) is 2.73. The number of halogens is 2. The maximum atomic E-state index is 12.5. The van der Waals surface area contributed by atoms with Gasteiger partial charge < -0.3 is 5.32 Å². The van der Waals surface area contributed by atoms with Gasteiger partial charge in [0.25, 0.3) is 5.91 Å². The summed E-state index contributed by atoms with van der Waals surface area (Å²) in [4.78, 5) is 14.1. The smallest absolute Gasteiger partial charge is 0.257 e. The monoisotopic (exact) mass is 396 g/mol. The molecule has 0 aliphatic carbocycles. The van der Waals surface area contributed by atoms with Crippen molar-refractivity contribution in [2.45, 2.75) is 6.92 Å². The summed E-state index contributed by atoms with van der Waals surface area (Å²) in [6.07, 6.45) is 0. The quantitative estimate of drug-likeness (QED) is 0.511. The lowest BCUT2D eigenvalue weighted by atomic mass is 10.1. The molecule has 27 heavy (non-hydrogen) atoms. The standard InChI is InChI=1S/C20H14Cl2N4O/c1-12-10-18-19(25-26(24-18)14-8-6-13(21)7-9-14)11-17(12)23-20(27)15-4-2-3-5-16(15)22/h2-11H,1H3,(H,23,27). The molecule has 0 aliphatic heterocycles. The fourth-order valence-corrected chi connectivity index (χ4v) is 3.08. The fraction of sp³-hybridized carbons (Fsp3) is 0.0500. The summed E-state index contributed by atoms with van der Waals surface area (Å²) in [6, 6.07) is 17.9. The van der Waals surface area contributed by atoms with Crippen LogP contribution in [0.5, 0.6) is 0 Å². The zero-order valence-electron chi connectivity index (χ0n) is 14.3. The minimum Gasteiger partial charge on any atom is -0.322 e. The second-order valence-electron chi connectivity index (χ2n) is 6.06. The van der Waals surface area contributed by atoms with E-state index in [9.17, 15) is 4.79 Å². The van der Waals surface area contributed by atoms with Gasteiger partial charge in [-0.15, -0.1) is 10.2 Å². The van der Waals surface area contributed by atoms with E-state index in [0.29, 0.717) is 26.8 Å². The predicted octanol–water partition coefficient (Wildman–Crippen LogP) is 5.29. The molecule has 0 saturated heterocycles. The van der Waals surface area contributed by atoms with E-state index in [0.717, 1.165) is 16.8 Å². The van der Waals surface area contributed by atoms with Crippen LogP contribution in [0, 0.1) is 6.92 Å². The lowest BCUT2D eigenvalue weighted by Crippen LogP contribution is -2.13. The summed E-state index contributed by atoms with van der Waals surface area (Å²) in [5.41, 5.74) is 4.17. The van der Waals surface area contributed by atoms with Gasteiger partial charge in [0.1, 0.15) is 11.0 Å². The molecule has 4 rings (SSSR count). The molecule has 1 aromatic heterocycles. The number of aromatic nitrogens is 3. The number of hydrogen-bond donors (Lipinski definition) is 1. The number of nitrogens with one attached hydrogen (secondary N) is 1. The zero-order chi connectivity index (χ0) is 19.0. The Hall–Kier alpha value is -2.89. The number of nitrogens with zero attached hydrogens (tertiary/aromatic N) is 3. The van der Waals surface area contributed by atoms with Gasteiger partial charge in [0.2, 0.25) is 0 Å². The number of carbonyl (C=O) groups excluding carboxylic acids is 1. The third kappa shape index (κ3) is 3.52.